The van der Waals surface area contributed by atoms with Crippen LogP contribution in [0.25, 0.3) is 0 Å². The van der Waals surface area contributed by atoms with Crippen molar-refractivity contribution in [3.8, 4) is 0 Å². The van der Waals surface area contributed by atoms with Gasteiger partial charge in [-0.15, -0.1) is 0 Å². The fourth-order valence-corrected chi connectivity index (χ4v) is 3.46. The molecule has 2 nitrogen and oxygen atoms in total. The number of hydrogen-bond donors (Lipinski definition) is 1. The van der Waals surface area contributed by atoms with Gasteiger partial charge in [0.1, 0.15) is 0 Å². The molecule has 2 aliphatic rings. The van der Waals surface area contributed by atoms with Gasteiger partial charge in [0.2, 0.25) is 5.91 Å². The smallest absolute Gasteiger partial charge is 0.217 e. The lowest BCUT2D eigenvalue weighted by atomic mass is 9.70. The summed E-state index contributed by atoms with van der Waals surface area (Å²) in [5.74, 6) is 0.154. The Morgan fingerprint density at radius 1 is 1.14 bits per heavy atom. The van der Waals surface area contributed by atoms with E-state index in [9.17, 15) is 4.79 Å². The first-order chi connectivity index (χ1) is 6.73. The van der Waals surface area contributed by atoms with Crippen LogP contribution in [0.4, 0.5) is 0 Å². The zero-order valence-corrected chi connectivity index (χ0v) is 9.14. The Balaban J connectivity index is 2.03. The standard InChI is InChI=1S/C12H21NO/c1-10(14)13-11-6-5-9-12(11)7-3-2-4-8-12/h11H,2-9H2,1H3,(H,13,14). The van der Waals surface area contributed by atoms with Crippen molar-refractivity contribution in [3.63, 3.8) is 0 Å². The minimum absolute atomic E-state index is 0.154. The van der Waals surface area contributed by atoms with E-state index in [1.807, 2.05) is 0 Å². The molecule has 2 heteroatoms. The van der Waals surface area contributed by atoms with Crippen molar-refractivity contribution in [1.82, 2.24) is 5.32 Å². The van der Waals surface area contributed by atoms with Crippen LogP contribution >= 0.6 is 0 Å². The molecule has 2 saturated carbocycles. The highest BCUT2D eigenvalue weighted by Crippen LogP contribution is 2.48. The van der Waals surface area contributed by atoms with Crippen LogP contribution in [0.3, 0.4) is 0 Å². The highest BCUT2D eigenvalue weighted by molar-refractivity contribution is 5.73. The third kappa shape index (κ3) is 1.79. The average Bonchev–Trinajstić information content (AvgIpc) is 2.50. The number of carbonyl (C=O) groups excluding carboxylic acids is 1. The van der Waals surface area contributed by atoms with E-state index in [2.05, 4.69) is 5.32 Å². The fraction of sp³-hybridized carbons (Fsp3) is 0.917. The van der Waals surface area contributed by atoms with Gasteiger partial charge in [-0.25, -0.2) is 0 Å². The monoisotopic (exact) mass is 195 g/mol. The second-order valence-electron chi connectivity index (χ2n) is 5.07. The molecule has 0 bridgehead atoms. The molecular weight excluding hydrogens is 174 g/mol. The molecule has 0 aliphatic heterocycles. The van der Waals surface area contributed by atoms with Crippen molar-refractivity contribution in [1.29, 1.82) is 0 Å². The molecule has 0 aromatic rings. The van der Waals surface area contributed by atoms with Gasteiger partial charge in [0.05, 0.1) is 0 Å². The lowest BCUT2D eigenvalue weighted by Crippen LogP contribution is -2.44. The lowest BCUT2D eigenvalue weighted by Gasteiger charge is -2.39. The van der Waals surface area contributed by atoms with Crippen LogP contribution in [0.5, 0.6) is 0 Å². The Labute approximate surface area is 86.5 Å². The molecule has 2 aliphatic carbocycles. The summed E-state index contributed by atoms with van der Waals surface area (Å²) in [4.78, 5) is 11.1. The van der Waals surface area contributed by atoms with Crippen molar-refractivity contribution in [3.05, 3.63) is 0 Å². The van der Waals surface area contributed by atoms with Crippen molar-refractivity contribution in [2.75, 3.05) is 0 Å². The molecule has 0 radical (unpaired) electrons. The van der Waals surface area contributed by atoms with Gasteiger partial charge in [0.25, 0.3) is 0 Å². The number of carbonyl (C=O) groups is 1. The predicted octanol–water partition coefficient (Wildman–Crippen LogP) is 2.63. The molecule has 1 spiro atoms. The van der Waals surface area contributed by atoms with E-state index in [0.29, 0.717) is 11.5 Å². The molecule has 0 heterocycles. The molecule has 1 atom stereocenters. The predicted molar refractivity (Wildman–Crippen MR) is 57.0 cm³/mol. The van der Waals surface area contributed by atoms with Crippen molar-refractivity contribution in [2.45, 2.75) is 64.3 Å². The third-order valence-corrected chi connectivity index (χ3v) is 4.13. The number of amides is 1. The third-order valence-electron chi connectivity index (χ3n) is 4.13. The first-order valence-electron chi connectivity index (χ1n) is 6.00. The first kappa shape index (κ1) is 10.0. The Kier molecular flexibility index (Phi) is 2.80. The lowest BCUT2D eigenvalue weighted by molar-refractivity contribution is -0.120. The number of nitrogens with one attached hydrogen (secondary N) is 1. The van der Waals surface area contributed by atoms with E-state index < -0.39 is 0 Å². The van der Waals surface area contributed by atoms with Crippen molar-refractivity contribution < 1.29 is 4.79 Å². The van der Waals surface area contributed by atoms with Crippen LogP contribution in [0.2, 0.25) is 0 Å². The van der Waals surface area contributed by atoms with Gasteiger partial charge in [0.15, 0.2) is 0 Å². The molecule has 80 valence electrons. The minimum atomic E-state index is 0.154. The highest BCUT2D eigenvalue weighted by Gasteiger charge is 2.43. The van der Waals surface area contributed by atoms with Gasteiger partial charge in [-0.3, -0.25) is 4.79 Å². The van der Waals surface area contributed by atoms with Gasteiger partial charge >= 0.3 is 0 Å². The van der Waals surface area contributed by atoms with E-state index in [1.54, 1.807) is 6.92 Å². The summed E-state index contributed by atoms with van der Waals surface area (Å²) in [6.07, 6.45) is 10.7. The maximum absolute atomic E-state index is 11.1. The summed E-state index contributed by atoms with van der Waals surface area (Å²) in [6.45, 7) is 1.65. The van der Waals surface area contributed by atoms with Crippen LogP contribution in [0.1, 0.15) is 58.3 Å². The molecule has 1 unspecified atom stereocenters. The SMILES string of the molecule is CC(=O)NC1CCCC12CCCCC2. The minimum Gasteiger partial charge on any atom is -0.353 e. The van der Waals surface area contributed by atoms with Crippen molar-refractivity contribution in [2.24, 2.45) is 5.41 Å². The van der Waals surface area contributed by atoms with E-state index in [0.717, 1.165) is 0 Å². The van der Waals surface area contributed by atoms with Crippen LogP contribution in [-0.4, -0.2) is 11.9 Å². The molecule has 1 N–H and O–H groups in total. The van der Waals surface area contributed by atoms with Crippen LogP contribution in [0.15, 0.2) is 0 Å². The summed E-state index contributed by atoms with van der Waals surface area (Å²) in [6, 6.07) is 0.486. The van der Waals surface area contributed by atoms with Gasteiger partial charge in [-0.1, -0.05) is 25.7 Å². The summed E-state index contributed by atoms with van der Waals surface area (Å²) < 4.78 is 0. The average molecular weight is 195 g/mol. The zero-order chi connectivity index (χ0) is 10.0. The van der Waals surface area contributed by atoms with E-state index in [4.69, 9.17) is 0 Å². The van der Waals surface area contributed by atoms with Gasteiger partial charge in [0, 0.05) is 13.0 Å². The zero-order valence-electron chi connectivity index (χ0n) is 9.14. The van der Waals surface area contributed by atoms with Crippen LogP contribution in [-0.2, 0) is 4.79 Å². The number of rotatable bonds is 1. The Bertz CT molecular complexity index is 218. The molecular formula is C12H21NO. The topological polar surface area (TPSA) is 29.1 Å². The quantitative estimate of drug-likeness (QED) is 0.684. The van der Waals surface area contributed by atoms with Crippen molar-refractivity contribution >= 4 is 5.91 Å². The maximum atomic E-state index is 11.1. The fourth-order valence-electron chi connectivity index (χ4n) is 3.46. The summed E-state index contributed by atoms with van der Waals surface area (Å²) in [7, 11) is 0. The maximum Gasteiger partial charge on any atom is 0.217 e. The van der Waals surface area contributed by atoms with Crippen LogP contribution in [0, 0.1) is 5.41 Å². The second-order valence-corrected chi connectivity index (χ2v) is 5.07. The highest BCUT2D eigenvalue weighted by atomic mass is 16.1. The Morgan fingerprint density at radius 3 is 2.43 bits per heavy atom. The Hall–Kier alpha value is -0.530. The molecule has 1 amide bonds. The molecule has 0 aromatic heterocycles. The summed E-state index contributed by atoms with van der Waals surface area (Å²) >= 11 is 0. The van der Waals surface area contributed by atoms with E-state index in [-0.39, 0.29) is 5.91 Å². The van der Waals surface area contributed by atoms with Gasteiger partial charge < -0.3 is 5.32 Å². The second kappa shape index (κ2) is 3.92. The van der Waals surface area contributed by atoms with E-state index in [1.165, 1.54) is 51.4 Å². The summed E-state index contributed by atoms with van der Waals surface area (Å²) in [5.41, 5.74) is 0.490. The molecule has 0 saturated heterocycles. The molecule has 0 aromatic carbocycles. The van der Waals surface area contributed by atoms with Gasteiger partial charge in [-0.05, 0) is 31.1 Å². The van der Waals surface area contributed by atoms with E-state index >= 15 is 0 Å². The molecule has 2 fully saturated rings. The molecule has 14 heavy (non-hydrogen) atoms. The Morgan fingerprint density at radius 2 is 1.79 bits per heavy atom. The molecule has 2 rings (SSSR count). The largest absolute Gasteiger partial charge is 0.353 e. The normalized spacial score (nSPS) is 30.5. The van der Waals surface area contributed by atoms with Gasteiger partial charge in [-0.2, -0.15) is 0 Å². The van der Waals surface area contributed by atoms with Crippen LogP contribution < -0.4 is 5.32 Å². The summed E-state index contributed by atoms with van der Waals surface area (Å²) in [5, 5.41) is 3.16. The first-order valence-corrected chi connectivity index (χ1v) is 6.00. The number of hydrogen-bond acceptors (Lipinski definition) is 1.